The lowest BCUT2D eigenvalue weighted by atomic mass is 9.98. The molecule has 3 nitrogen and oxygen atoms in total. The Morgan fingerprint density at radius 3 is 2.26 bits per heavy atom. The first-order valence-electron chi connectivity index (χ1n) is 9.55. The highest BCUT2D eigenvalue weighted by atomic mass is 16.2. The fraction of sp³-hybridized carbons (Fsp3) is 0.208. The van der Waals surface area contributed by atoms with Crippen LogP contribution in [-0.2, 0) is 0 Å². The van der Waals surface area contributed by atoms with Crippen molar-refractivity contribution in [3.8, 4) is 11.1 Å². The van der Waals surface area contributed by atoms with Crippen molar-refractivity contribution >= 4 is 5.91 Å². The molecule has 1 saturated heterocycles. The van der Waals surface area contributed by atoms with E-state index in [0.717, 1.165) is 42.7 Å². The van der Waals surface area contributed by atoms with E-state index < -0.39 is 0 Å². The Kier molecular flexibility index (Phi) is 5.31. The maximum Gasteiger partial charge on any atom is 0.254 e. The van der Waals surface area contributed by atoms with Gasteiger partial charge in [-0.1, -0.05) is 78.9 Å². The summed E-state index contributed by atoms with van der Waals surface area (Å²) in [5, 5.41) is 3.59. The average molecular weight is 356 g/mol. The molecular weight excluding hydrogens is 332 g/mol. The second kappa shape index (κ2) is 8.19. The number of amides is 1. The molecule has 0 aliphatic carbocycles. The summed E-state index contributed by atoms with van der Waals surface area (Å²) in [6.07, 6.45) is 0.920. The predicted molar refractivity (Wildman–Crippen MR) is 110 cm³/mol. The summed E-state index contributed by atoms with van der Waals surface area (Å²) in [6, 6.07) is 28.8. The van der Waals surface area contributed by atoms with Gasteiger partial charge in [-0.2, -0.15) is 0 Å². The molecule has 0 saturated carbocycles. The molecule has 0 aromatic heterocycles. The van der Waals surface area contributed by atoms with Gasteiger partial charge in [0.1, 0.15) is 0 Å². The smallest absolute Gasteiger partial charge is 0.254 e. The van der Waals surface area contributed by atoms with Crippen molar-refractivity contribution in [3.05, 3.63) is 96.1 Å². The van der Waals surface area contributed by atoms with Crippen molar-refractivity contribution in [1.82, 2.24) is 10.2 Å². The zero-order valence-corrected chi connectivity index (χ0v) is 15.3. The number of carbonyl (C=O) groups is 1. The van der Waals surface area contributed by atoms with Crippen molar-refractivity contribution in [2.75, 3.05) is 19.6 Å². The van der Waals surface area contributed by atoms with E-state index in [1.807, 2.05) is 53.4 Å². The molecule has 1 amide bonds. The van der Waals surface area contributed by atoms with Crippen LogP contribution in [0.3, 0.4) is 0 Å². The number of nitrogens with one attached hydrogen (secondary N) is 1. The van der Waals surface area contributed by atoms with E-state index >= 15 is 0 Å². The molecule has 3 aromatic rings. The van der Waals surface area contributed by atoms with E-state index in [1.54, 1.807) is 0 Å². The Morgan fingerprint density at radius 2 is 1.48 bits per heavy atom. The van der Waals surface area contributed by atoms with Crippen molar-refractivity contribution in [2.45, 2.75) is 12.5 Å². The Morgan fingerprint density at radius 1 is 0.815 bits per heavy atom. The molecule has 0 bridgehead atoms. The molecule has 4 rings (SSSR count). The molecule has 0 spiro atoms. The van der Waals surface area contributed by atoms with Crippen LogP contribution in [0.4, 0.5) is 0 Å². The number of carbonyl (C=O) groups excluding carboxylic acids is 1. The molecule has 27 heavy (non-hydrogen) atoms. The third kappa shape index (κ3) is 3.93. The van der Waals surface area contributed by atoms with Crippen molar-refractivity contribution in [2.24, 2.45) is 0 Å². The highest BCUT2D eigenvalue weighted by molar-refractivity contribution is 6.00. The molecule has 136 valence electrons. The van der Waals surface area contributed by atoms with E-state index in [2.05, 4.69) is 41.7 Å². The fourth-order valence-corrected chi connectivity index (χ4v) is 3.75. The largest absolute Gasteiger partial charge is 0.337 e. The fourth-order valence-electron chi connectivity index (χ4n) is 3.75. The van der Waals surface area contributed by atoms with Gasteiger partial charge >= 0.3 is 0 Å². The summed E-state index contributed by atoms with van der Waals surface area (Å²) in [7, 11) is 0. The minimum atomic E-state index is 0.116. The van der Waals surface area contributed by atoms with Gasteiger partial charge in [-0.15, -0.1) is 0 Å². The van der Waals surface area contributed by atoms with Gasteiger partial charge in [-0.05, 0) is 29.2 Å². The first-order valence-corrected chi connectivity index (χ1v) is 9.55. The van der Waals surface area contributed by atoms with E-state index in [4.69, 9.17) is 0 Å². The topological polar surface area (TPSA) is 32.3 Å². The first kappa shape index (κ1) is 17.5. The minimum Gasteiger partial charge on any atom is -0.337 e. The molecule has 1 heterocycles. The lowest BCUT2D eigenvalue weighted by Crippen LogP contribution is -2.34. The van der Waals surface area contributed by atoms with Gasteiger partial charge in [0.2, 0.25) is 0 Å². The van der Waals surface area contributed by atoms with Crippen LogP contribution in [0.15, 0.2) is 84.9 Å². The Balaban J connectivity index is 1.54. The minimum absolute atomic E-state index is 0.116. The molecule has 1 unspecified atom stereocenters. The first-order chi connectivity index (χ1) is 13.3. The van der Waals surface area contributed by atoms with Gasteiger partial charge < -0.3 is 10.2 Å². The lowest BCUT2D eigenvalue weighted by molar-refractivity contribution is 0.0766. The maximum absolute atomic E-state index is 13.3. The summed E-state index contributed by atoms with van der Waals surface area (Å²) in [6.45, 7) is 2.29. The van der Waals surface area contributed by atoms with Crippen LogP contribution in [0.25, 0.3) is 11.1 Å². The highest BCUT2D eigenvalue weighted by Crippen LogP contribution is 2.26. The highest BCUT2D eigenvalue weighted by Gasteiger charge is 2.23. The van der Waals surface area contributed by atoms with Crippen LogP contribution in [-0.4, -0.2) is 30.4 Å². The van der Waals surface area contributed by atoms with Gasteiger partial charge in [0.15, 0.2) is 0 Å². The summed E-state index contributed by atoms with van der Waals surface area (Å²) in [5.41, 5.74) is 4.15. The second-order valence-corrected chi connectivity index (χ2v) is 6.91. The molecule has 3 heteroatoms. The zero-order valence-electron chi connectivity index (χ0n) is 15.3. The summed E-state index contributed by atoms with van der Waals surface area (Å²) < 4.78 is 0. The average Bonchev–Trinajstić information content (AvgIpc) is 3.01. The van der Waals surface area contributed by atoms with Crippen LogP contribution >= 0.6 is 0 Å². The summed E-state index contributed by atoms with van der Waals surface area (Å²) in [4.78, 5) is 15.3. The standard InChI is InChI=1S/C24H24N2O/c27-24(22-14-8-7-13-21(22)19-9-3-1-4-10-19)26-17-15-23(25-16-18-26)20-11-5-2-6-12-20/h1-14,23,25H,15-18H2. The molecule has 1 fully saturated rings. The van der Waals surface area contributed by atoms with Crippen LogP contribution in [0.1, 0.15) is 28.4 Å². The van der Waals surface area contributed by atoms with Gasteiger partial charge in [0.05, 0.1) is 0 Å². The summed E-state index contributed by atoms with van der Waals surface area (Å²) >= 11 is 0. The quantitative estimate of drug-likeness (QED) is 0.748. The molecule has 3 aromatic carbocycles. The normalized spacial score (nSPS) is 17.3. The predicted octanol–water partition coefficient (Wildman–Crippen LogP) is 4.53. The Labute approximate surface area is 160 Å². The third-order valence-corrected chi connectivity index (χ3v) is 5.19. The molecule has 1 aliphatic heterocycles. The van der Waals surface area contributed by atoms with Crippen molar-refractivity contribution < 1.29 is 4.79 Å². The number of hydrogen-bond donors (Lipinski definition) is 1. The Hall–Kier alpha value is -2.91. The third-order valence-electron chi connectivity index (χ3n) is 5.19. The van der Waals surface area contributed by atoms with Crippen LogP contribution < -0.4 is 5.32 Å². The van der Waals surface area contributed by atoms with Gasteiger partial charge in [0.25, 0.3) is 5.91 Å². The number of nitrogens with zero attached hydrogens (tertiary/aromatic N) is 1. The Bertz CT molecular complexity index is 893. The summed E-state index contributed by atoms with van der Waals surface area (Å²) in [5.74, 6) is 0.116. The van der Waals surface area contributed by atoms with Crippen molar-refractivity contribution in [1.29, 1.82) is 0 Å². The molecule has 1 atom stereocenters. The number of hydrogen-bond acceptors (Lipinski definition) is 2. The van der Waals surface area contributed by atoms with Crippen LogP contribution in [0.5, 0.6) is 0 Å². The van der Waals surface area contributed by atoms with E-state index in [-0.39, 0.29) is 5.91 Å². The molecule has 1 aliphatic rings. The van der Waals surface area contributed by atoms with Gasteiger partial charge in [-0.25, -0.2) is 0 Å². The second-order valence-electron chi connectivity index (χ2n) is 6.91. The lowest BCUT2D eigenvalue weighted by Gasteiger charge is -2.22. The van der Waals surface area contributed by atoms with Gasteiger partial charge in [-0.3, -0.25) is 4.79 Å². The zero-order chi connectivity index (χ0) is 18.5. The van der Waals surface area contributed by atoms with E-state index in [0.29, 0.717) is 6.04 Å². The molecule has 0 radical (unpaired) electrons. The maximum atomic E-state index is 13.3. The van der Waals surface area contributed by atoms with Gasteiger partial charge in [0, 0.05) is 31.2 Å². The SMILES string of the molecule is O=C(c1ccccc1-c1ccccc1)N1CCNC(c2ccccc2)CC1. The van der Waals surface area contributed by atoms with Crippen molar-refractivity contribution in [3.63, 3.8) is 0 Å². The number of rotatable bonds is 3. The number of benzene rings is 3. The molecule has 1 N–H and O–H groups in total. The molecular formula is C24H24N2O. The van der Waals surface area contributed by atoms with Crippen LogP contribution in [0, 0.1) is 0 Å². The monoisotopic (exact) mass is 356 g/mol. The van der Waals surface area contributed by atoms with E-state index in [9.17, 15) is 4.79 Å². The van der Waals surface area contributed by atoms with Crippen LogP contribution in [0.2, 0.25) is 0 Å². The van der Waals surface area contributed by atoms with E-state index in [1.165, 1.54) is 5.56 Å².